The number of amidine groups is 1. The van der Waals surface area contributed by atoms with E-state index in [4.69, 9.17) is 28.5 Å². The van der Waals surface area contributed by atoms with E-state index in [9.17, 15) is 4.79 Å². The summed E-state index contributed by atoms with van der Waals surface area (Å²) in [6, 6.07) is 11.7. The Labute approximate surface area is 115 Å². The average molecular weight is 274 g/mol. The van der Waals surface area contributed by atoms with Crippen LogP contribution >= 0.6 is 11.6 Å². The number of hydrogen-bond acceptors (Lipinski definition) is 3. The molecule has 96 valence electrons. The number of ketones is 1. The third-order valence-electron chi connectivity index (χ3n) is 2.73. The summed E-state index contributed by atoms with van der Waals surface area (Å²) in [4.78, 5) is 12.4. The molecule has 0 radical (unpaired) electrons. The summed E-state index contributed by atoms with van der Waals surface area (Å²) in [7, 11) is 0. The first-order valence-corrected chi connectivity index (χ1v) is 5.92. The number of halogens is 1. The molecule has 2 rings (SSSR count). The van der Waals surface area contributed by atoms with E-state index in [0.717, 1.165) is 0 Å². The summed E-state index contributed by atoms with van der Waals surface area (Å²) < 4.78 is 0. The van der Waals surface area contributed by atoms with Gasteiger partial charge in [-0.1, -0.05) is 41.9 Å². The van der Waals surface area contributed by atoms with Crippen molar-refractivity contribution in [1.29, 1.82) is 5.41 Å². The Morgan fingerprint density at radius 3 is 2.32 bits per heavy atom. The Kier molecular flexibility index (Phi) is 3.53. The van der Waals surface area contributed by atoms with Gasteiger partial charge in [0.05, 0.1) is 10.6 Å². The van der Waals surface area contributed by atoms with E-state index in [1.54, 1.807) is 24.3 Å². The summed E-state index contributed by atoms with van der Waals surface area (Å²) in [5.74, 6) is -0.488. The molecular formula is C14H12ClN3O. The number of anilines is 1. The molecule has 2 aromatic carbocycles. The van der Waals surface area contributed by atoms with Crippen molar-refractivity contribution < 1.29 is 4.79 Å². The van der Waals surface area contributed by atoms with Crippen molar-refractivity contribution >= 4 is 28.9 Å². The second-order valence-electron chi connectivity index (χ2n) is 4.00. The number of carbonyl (C=O) groups excluding carboxylic acids is 1. The van der Waals surface area contributed by atoms with Gasteiger partial charge < -0.3 is 11.5 Å². The zero-order valence-corrected chi connectivity index (χ0v) is 10.7. The maximum absolute atomic E-state index is 12.4. The molecule has 5 N–H and O–H groups in total. The molecule has 0 aliphatic heterocycles. The third-order valence-corrected chi connectivity index (χ3v) is 3.12. The normalized spacial score (nSPS) is 10.2. The number of rotatable bonds is 3. The Hall–Kier alpha value is -2.33. The number of benzene rings is 2. The molecule has 0 aromatic heterocycles. The standard InChI is InChI=1S/C14H12ClN3O/c15-12-9(14(17)18)6-7-10(16)11(12)13(19)8-4-2-1-3-5-8/h1-7H,16H2,(H3,17,18). The van der Waals surface area contributed by atoms with Gasteiger partial charge in [-0.05, 0) is 12.1 Å². The van der Waals surface area contributed by atoms with Crippen molar-refractivity contribution in [1.82, 2.24) is 0 Å². The number of carbonyl (C=O) groups is 1. The zero-order chi connectivity index (χ0) is 14.0. The summed E-state index contributed by atoms with van der Waals surface area (Å²) in [6.45, 7) is 0. The number of nitrogen functional groups attached to an aromatic ring is 2. The zero-order valence-electron chi connectivity index (χ0n) is 9.98. The molecule has 0 amide bonds. The molecule has 2 aromatic rings. The van der Waals surface area contributed by atoms with Crippen LogP contribution in [0.5, 0.6) is 0 Å². The molecule has 19 heavy (non-hydrogen) atoms. The molecule has 5 heteroatoms. The molecule has 4 nitrogen and oxygen atoms in total. The maximum atomic E-state index is 12.4. The Bertz CT molecular complexity index is 653. The highest BCUT2D eigenvalue weighted by atomic mass is 35.5. The Morgan fingerprint density at radius 1 is 1.11 bits per heavy atom. The van der Waals surface area contributed by atoms with Gasteiger partial charge in [-0.15, -0.1) is 0 Å². The van der Waals surface area contributed by atoms with Crippen LogP contribution in [0.25, 0.3) is 0 Å². The van der Waals surface area contributed by atoms with Crippen molar-refractivity contribution in [3.05, 3.63) is 64.2 Å². The first kappa shape index (κ1) is 13.1. The van der Waals surface area contributed by atoms with Gasteiger partial charge in [0.25, 0.3) is 0 Å². The Balaban J connectivity index is 2.60. The smallest absolute Gasteiger partial charge is 0.196 e. The summed E-state index contributed by atoms with van der Waals surface area (Å²) in [5, 5.41) is 7.54. The minimum absolute atomic E-state index is 0.112. The van der Waals surface area contributed by atoms with E-state index >= 15 is 0 Å². The van der Waals surface area contributed by atoms with Gasteiger partial charge in [-0.2, -0.15) is 0 Å². The molecule has 0 aliphatic rings. The minimum Gasteiger partial charge on any atom is -0.398 e. The van der Waals surface area contributed by atoms with Crippen molar-refractivity contribution in [3.8, 4) is 0 Å². The molecule has 0 spiro atoms. The largest absolute Gasteiger partial charge is 0.398 e. The Morgan fingerprint density at radius 2 is 1.74 bits per heavy atom. The van der Waals surface area contributed by atoms with Crippen LogP contribution in [0.2, 0.25) is 5.02 Å². The van der Waals surface area contributed by atoms with E-state index in [2.05, 4.69) is 0 Å². The molecule has 0 saturated heterocycles. The minimum atomic E-state index is -0.286. The lowest BCUT2D eigenvalue weighted by Crippen LogP contribution is -2.15. The average Bonchev–Trinajstić information content (AvgIpc) is 2.39. The molecular weight excluding hydrogens is 262 g/mol. The van der Waals surface area contributed by atoms with E-state index in [0.29, 0.717) is 11.1 Å². The second-order valence-corrected chi connectivity index (χ2v) is 4.38. The van der Waals surface area contributed by atoms with Crippen LogP contribution in [-0.2, 0) is 0 Å². The van der Waals surface area contributed by atoms with Crippen LogP contribution in [0.3, 0.4) is 0 Å². The predicted molar refractivity (Wildman–Crippen MR) is 76.8 cm³/mol. The molecule has 0 unspecified atom stereocenters. The predicted octanol–water partition coefficient (Wildman–Crippen LogP) is 2.44. The number of nitrogens with two attached hydrogens (primary N) is 2. The van der Waals surface area contributed by atoms with Gasteiger partial charge in [-0.3, -0.25) is 10.2 Å². The van der Waals surface area contributed by atoms with Gasteiger partial charge in [0.1, 0.15) is 5.84 Å². The van der Waals surface area contributed by atoms with Gasteiger partial charge in [-0.25, -0.2) is 0 Å². The van der Waals surface area contributed by atoms with Crippen LogP contribution < -0.4 is 11.5 Å². The lowest BCUT2D eigenvalue weighted by Gasteiger charge is -2.11. The fourth-order valence-electron chi connectivity index (χ4n) is 1.76. The molecule has 0 bridgehead atoms. The lowest BCUT2D eigenvalue weighted by atomic mass is 9.99. The van der Waals surface area contributed by atoms with Crippen LogP contribution in [0, 0.1) is 5.41 Å². The maximum Gasteiger partial charge on any atom is 0.196 e. The number of hydrogen-bond donors (Lipinski definition) is 3. The topological polar surface area (TPSA) is 93.0 Å². The fourth-order valence-corrected chi connectivity index (χ4v) is 2.12. The van der Waals surface area contributed by atoms with Crippen molar-refractivity contribution in [2.75, 3.05) is 5.73 Å². The second kappa shape index (κ2) is 5.12. The van der Waals surface area contributed by atoms with Crippen molar-refractivity contribution in [2.24, 2.45) is 5.73 Å². The van der Waals surface area contributed by atoms with Gasteiger partial charge in [0, 0.05) is 16.8 Å². The molecule has 0 atom stereocenters. The highest BCUT2D eigenvalue weighted by Crippen LogP contribution is 2.28. The highest BCUT2D eigenvalue weighted by molar-refractivity contribution is 6.38. The van der Waals surface area contributed by atoms with Crippen molar-refractivity contribution in [3.63, 3.8) is 0 Å². The van der Waals surface area contributed by atoms with E-state index in [-0.39, 0.29) is 27.9 Å². The van der Waals surface area contributed by atoms with Crippen LogP contribution in [-0.4, -0.2) is 11.6 Å². The third kappa shape index (κ3) is 2.44. The number of nitrogens with one attached hydrogen (secondary N) is 1. The van der Waals surface area contributed by atoms with Gasteiger partial charge in [0.2, 0.25) is 0 Å². The van der Waals surface area contributed by atoms with E-state index < -0.39 is 0 Å². The summed E-state index contributed by atoms with van der Waals surface area (Å²) >= 11 is 6.13. The van der Waals surface area contributed by atoms with Crippen LogP contribution in [0.4, 0.5) is 5.69 Å². The summed E-state index contributed by atoms with van der Waals surface area (Å²) in [5.41, 5.74) is 12.5. The van der Waals surface area contributed by atoms with Crippen LogP contribution in [0.15, 0.2) is 42.5 Å². The van der Waals surface area contributed by atoms with E-state index in [1.165, 1.54) is 12.1 Å². The van der Waals surface area contributed by atoms with E-state index in [1.807, 2.05) is 6.07 Å². The SMILES string of the molecule is N=C(N)c1ccc(N)c(C(=O)c2ccccc2)c1Cl. The highest BCUT2D eigenvalue weighted by Gasteiger charge is 2.19. The quantitative estimate of drug-likeness (QED) is 0.347. The van der Waals surface area contributed by atoms with Gasteiger partial charge >= 0.3 is 0 Å². The monoisotopic (exact) mass is 273 g/mol. The fraction of sp³-hybridized carbons (Fsp3) is 0. The first-order chi connectivity index (χ1) is 9.02. The van der Waals surface area contributed by atoms with Crippen LogP contribution in [0.1, 0.15) is 21.5 Å². The molecule has 0 heterocycles. The molecule has 0 aliphatic carbocycles. The van der Waals surface area contributed by atoms with Crippen molar-refractivity contribution in [2.45, 2.75) is 0 Å². The van der Waals surface area contributed by atoms with Gasteiger partial charge in [0.15, 0.2) is 5.78 Å². The molecule has 0 saturated carbocycles. The lowest BCUT2D eigenvalue weighted by molar-refractivity contribution is 0.103. The first-order valence-electron chi connectivity index (χ1n) is 5.54. The molecule has 0 fully saturated rings. The summed E-state index contributed by atoms with van der Waals surface area (Å²) in [6.07, 6.45) is 0.